The highest BCUT2D eigenvalue weighted by Gasteiger charge is 2.56. The molecule has 19 nitrogen and oxygen atoms in total. The lowest BCUT2D eigenvalue weighted by Gasteiger charge is -2.48. The Hall–Kier alpha value is -7.58. The van der Waals surface area contributed by atoms with Crippen molar-refractivity contribution in [2.45, 2.75) is 141 Å². The average molecular weight is 1140 g/mol. The molecule has 440 valence electrons. The SMILES string of the molecule is Cc1cc(F)c(Nc2nc(-c3ccc4c(c3)N([C@H]3C[C@@H](N5CCCCC5)C3)C(=O)C43CCN(C(=O)C4CN(CC5CCN(c6cccc7c6C(=O)N(C6CCC(=O)NC6=O)C7=O)CC5)C4)CC3)cc3ncn(C(C)C)c23)cc1C(=O)NC(C)C. The molecule has 1 aliphatic carbocycles. The standard InChI is InChI=1S/C64H75FN12O7/c1-36(2)67-58(79)45-30-49(47(65)26-38(45)5)69-57-56-50(66-35-75(56)37(3)4)31-48(68-57)40-12-13-46-53(27-40)76(43-28-42(29-43)72-20-7-6-8-21-72)63(84)64(46)18-24-74(25-19-64)60(81)41-33-71(34-41)32-39-16-22-73(23-17-39)51-11-9-10-44-55(51)62(83)77(61(44)82)52-14-15-54(78)70-59(52)80/h9-13,26-27,30-31,35-37,39,41-43,52H,6-8,14-25,28-29,32-34H2,1-5H3,(H,67,79)(H,68,69)(H,70,78,80)/t42-,43+,52?. The smallest absolute Gasteiger partial charge is 0.264 e. The van der Waals surface area contributed by atoms with Gasteiger partial charge >= 0.3 is 0 Å². The first kappa shape index (κ1) is 55.6. The monoisotopic (exact) mass is 1140 g/mol. The quantitative estimate of drug-likeness (QED) is 0.0980. The van der Waals surface area contributed by atoms with Gasteiger partial charge in [0.2, 0.25) is 23.6 Å². The van der Waals surface area contributed by atoms with Crippen molar-refractivity contribution in [1.82, 2.24) is 44.8 Å². The normalized spacial score (nSPS) is 23.2. The molecular weight excluding hydrogens is 1070 g/mol. The van der Waals surface area contributed by atoms with Gasteiger partial charge in [-0.15, -0.1) is 0 Å². The second kappa shape index (κ2) is 21.8. The van der Waals surface area contributed by atoms with E-state index >= 15 is 9.18 Å². The van der Waals surface area contributed by atoms with Crippen LogP contribution in [0.4, 0.5) is 27.3 Å². The molecule has 84 heavy (non-hydrogen) atoms. The third-order valence-electron chi connectivity index (χ3n) is 19.5. The summed E-state index contributed by atoms with van der Waals surface area (Å²) in [5.41, 5.74) is 6.15. The first-order chi connectivity index (χ1) is 40.4. The van der Waals surface area contributed by atoms with Crippen molar-refractivity contribution in [2.75, 3.05) is 74.0 Å². The maximum absolute atomic E-state index is 16.0. The van der Waals surface area contributed by atoms with Gasteiger partial charge in [-0.25, -0.2) is 14.4 Å². The van der Waals surface area contributed by atoms with E-state index in [1.807, 2.05) is 55.4 Å². The number of anilines is 4. The second-order valence-corrected chi connectivity index (χ2v) is 25.6. The number of amides is 7. The van der Waals surface area contributed by atoms with Crippen LogP contribution in [0.3, 0.4) is 0 Å². The molecule has 5 saturated heterocycles. The fourth-order valence-corrected chi connectivity index (χ4v) is 14.8. The number of imidazole rings is 1. The lowest BCUT2D eigenvalue weighted by Crippen LogP contribution is -2.60. The highest BCUT2D eigenvalue weighted by atomic mass is 19.1. The molecule has 0 bridgehead atoms. The number of nitrogens with zero attached hydrogens (tertiary/aromatic N) is 9. The van der Waals surface area contributed by atoms with Crippen LogP contribution in [0.25, 0.3) is 22.3 Å². The van der Waals surface area contributed by atoms with Gasteiger partial charge < -0.3 is 39.7 Å². The number of aromatic nitrogens is 3. The first-order valence-electron chi connectivity index (χ1n) is 30.5. The molecule has 8 aliphatic rings. The molecule has 3 N–H and O–H groups in total. The number of hydrogen-bond acceptors (Lipinski definition) is 13. The molecule has 6 fully saturated rings. The number of nitrogens with one attached hydrogen (secondary N) is 3. The Morgan fingerprint density at radius 3 is 2.29 bits per heavy atom. The van der Waals surface area contributed by atoms with Crippen LogP contribution in [0.1, 0.15) is 147 Å². The topological polar surface area (TPSA) is 206 Å². The number of fused-ring (bicyclic) bond motifs is 4. The van der Waals surface area contributed by atoms with E-state index in [2.05, 4.69) is 47.7 Å². The summed E-state index contributed by atoms with van der Waals surface area (Å²) in [6, 6.07) is 15.7. The van der Waals surface area contributed by atoms with Gasteiger partial charge in [-0.2, -0.15) is 0 Å². The van der Waals surface area contributed by atoms with Crippen LogP contribution in [-0.2, 0) is 24.6 Å². The van der Waals surface area contributed by atoms with Crippen LogP contribution in [0.15, 0.2) is 60.9 Å². The predicted molar refractivity (Wildman–Crippen MR) is 316 cm³/mol. The summed E-state index contributed by atoms with van der Waals surface area (Å²) in [6.07, 6.45) is 10.2. The number of carbonyl (C=O) groups excluding carboxylic acids is 7. The van der Waals surface area contributed by atoms with Crippen molar-refractivity contribution in [3.05, 3.63) is 94.6 Å². The van der Waals surface area contributed by atoms with E-state index in [9.17, 15) is 28.8 Å². The molecule has 9 heterocycles. The molecule has 7 amide bonds. The van der Waals surface area contributed by atoms with Gasteiger partial charge in [0.1, 0.15) is 17.4 Å². The van der Waals surface area contributed by atoms with Crippen molar-refractivity contribution in [2.24, 2.45) is 11.8 Å². The Morgan fingerprint density at radius 2 is 1.57 bits per heavy atom. The summed E-state index contributed by atoms with van der Waals surface area (Å²) in [5, 5.41) is 8.48. The van der Waals surface area contributed by atoms with Gasteiger partial charge in [0.15, 0.2) is 5.82 Å². The molecule has 2 aromatic heterocycles. The zero-order chi connectivity index (χ0) is 58.5. The highest BCUT2D eigenvalue weighted by Crippen LogP contribution is 2.53. The number of hydrogen-bond donors (Lipinski definition) is 3. The molecule has 7 aliphatic heterocycles. The number of aryl methyl sites for hydroxylation is 1. The Kier molecular flexibility index (Phi) is 14.4. The lowest BCUT2D eigenvalue weighted by molar-refractivity contribution is -0.144. The number of halogens is 1. The third kappa shape index (κ3) is 9.69. The Morgan fingerprint density at radius 1 is 0.821 bits per heavy atom. The van der Waals surface area contributed by atoms with Crippen LogP contribution in [0.5, 0.6) is 0 Å². The molecule has 20 heteroatoms. The summed E-state index contributed by atoms with van der Waals surface area (Å²) in [4.78, 5) is 117. The van der Waals surface area contributed by atoms with Crippen molar-refractivity contribution < 1.29 is 38.0 Å². The van der Waals surface area contributed by atoms with Crippen molar-refractivity contribution in [3.8, 4) is 11.3 Å². The van der Waals surface area contributed by atoms with Gasteiger partial charge in [0, 0.05) is 93.2 Å². The fraction of sp³-hybridized carbons (Fsp3) is 0.516. The van der Waals surface area contributed by atoms with E-state index in [4.69, 9.17) is 9.97 Å². The van der Waals surface area contributed by atoms with Gasteiger partial charge in [-0.05, 0) is 159 Å². The van der Waals surface area contributed by atoms with Crippen LogP contribution >= 0.6 is 0 Å². The van der Waals surface area contributed by atoms with Crippen molar-refractivity contribution >= 4 is 75.3 Å². The Bertz CT molecular complexity index is 3530. The minimum Gasteiger partial charge on any atom is -0.371 e. The number of benzene rings is 3. The van der Waals surface area contributed by atoms with Crippen LogP contribution in [0.2, 0.25) is 0 Å². The minimum absolute atomic E-state index is 0.0113. The summed E-state index contributed by atoms with van der Waals surface area (Å²) >= 11 is 0. The van der Waals surface area contributed by atoms with Crippen molar-refractivity contribution in [3.63, 3.8) is 0 Å². The predicted octanol–water partition coefficient (Wildman–Crippen LogP) is 7.48. The van der Waals surface area contributed by atoms with Gasteiger partial charge in [0.25, 0.3) is 17.7 Å². The van der Waals surface area contributed by atoms with E-state index in [1.54, 1.807) is 31.5 Å². The molecule has 1 spiro atoms. The van der Waals surface area contributed by atoms with E-state index < -0.39 is 40.9 Å². The van der Waals surface area contributed by atoms with Crippen LogP contribution < -0.4 is 25.8 Å². The van der Waals surface area contributed by atoms with E-state index in [0.717, 1.165) is 67.0 Å². The van der Waals surface area contributed by atoms with Gasteiger partial charge in [0.05, 0.1) is 51.4 Å². The molecular formula is C64H75FN12O7. The van der Waals surface area contributed by atoms with Crippen LogP contribution in [-0.4, -0.2) is 159 Å². The first-order valence-corrected chi connectivity index (χ1v) is 30.5. The number of imide groups is 2. The molecule has 5 aromatic rings. The Labute approximate surface area is 488 Å². The lowest BCUT2D eigenvalue weighted by atomic mass is 9.73. The average Bonchev–Trinajstić information content (AvgIpc) is 2.77. The molecule has 1 atom stereocenters. The molecule has 0 radical (unpaired) electrons. The molecule has 1 saturated carbocycles. The maximum atomic E-state index is 16.0. The van der Waals surface area contributed by atoms with Crippen LogP contribution in [0, 0.1) is 24.6 Å². The van der Waals surface area contributed by atoms with Gasteiger partial charge in [-0.3, -0.25) is 43.8 Å². The number of piperidine rings is 4. The minimum atomic E-state index is -1.02. The van der Waals surface area contributed by atoms with E-state index in [-0.39, 0.29) is 65.9 Å². The summed E-state index contributed by atoms with van der Waals surface area (Å²) in [6.45, 7) is 16.4. The highest BCUT2D eigenvalue weighted by molar-refractivity contribution is 6.25. The fourth-order valence-electron chi connectivity index (χ4n) is 14.8. The Balaban J connectivity index is 0.691. The van der Waals surface area contributed by atoms with Gasteiger partial charge in [-0.1, -0.05) is 24.6 Å². The molecule has 1 unspecified atom stereocenters. The van der Waals surface area contributed by atoms with Crippen molar-refractivity contribution in [1.29, 1.82) is 0 Å². The molecule has 3 aromatic carbocycles. The largest absolute Gasteiger partial charge is 0.371 e. The number of carbonyl (C=O) groups is 7. The zero-order valence-corrected chi connectivity index (χ0v) is 48.7. The summed E-state index contributed by atoms with van der Waals surface area (Å²) in [5.74, 6) is -1.92. The van der Waals surface area contributed by atoms with E-state index in [1.165, 1.54) is 25.3 Å². The third-order valence-corrected chi connectivity index (χ3v) is 19.5. The number of rotatable bonds is 13. The second-order valence-electron chi connectivity index (χ2n) is 25.6. The molecule has 13 rings (SSSR count). The summed E-state index contributed by atoms with van der Waals surface area (Å²) in [7, 11) is 0. The maximum Gasteiger partial charge on any atom is 0.264 e. The van der Waals surface area contributed by atoms with E-state index in [0.29, 0.717) is 109 Å². The number of pyridine rings is 1. The summed E-state index contributed by atoms with van der Waals surface area (Å²) < 4.78 is 17.9. The zero-order valence-electron chi connectivity index (χ0n) is 48.7. The number of likely N-dealkylation sites (tertiary alicyclic amines) is 3.